The van der Waals surface area contributed by atoms with Crippen molar-refractivity contribution in [3.8, 4) is 0 Å². The van der Waals surface area contributed by atoms with E-state index in [1.54, 1.807) is 4.90 Å². The van der Waals surface area contributed by atoms with Crippen LogP contribution in [0.2, 0.25) is 0 Å². The van der Waals surface area contributed by atoms with E-state index in [4.69, 9.17) is 0 Å². The van der Waals surface area contributed by atoms with Crippen molar-refractivity contribution in [3.05, 3.63) is 23.8 Å². The van der Waals surface area contributed by atoms with Crippen molar-refractivity contribution in [2.75, 3.05) is 34.8 Å². The quantitative estimate of drug-likeness (QED) is 0.848. The van der Waals surface area contributed by atoms with Crippen LogP contribution in [0.15, 0.2) is 12.1 Å². The minimum atomic E-state index is -3.05. The van der Waals surface area contributed by atoms with Crippen LogP contribution in [0.25, 0.3) is 0 Å². The standard InChI is InChI=1S/C12H14F2N2O2S/c13-9-1-2-10-12(11(9)14)16(5-4-15-10)8-3-6-19(17,18)7-8/h1-2,8,15H,3-7H2. The molecule has 104 valence electrons. The summed E-state index contributed by atoms with van der Waals surface area (Å²) < 4.78 is 50.4. The minimum Gasteiger partial charge on any atom is -0.382 e. The first kappa shape index (κ1) is 12.7. The highest BCUT2D eigenvalue weighted by atomic mass is 32.2. The zero-order valence-electron chi connectivity index (χ0n) is 10.2. The molecule has 1 N–H and O–H groups in total. The van der Waals surface area contributed by atoms with Crippen LogP contribution in [0.4, 0.5) is 20.2 Å². The van der Waals surface area contributed by atoms with Crippen LogP contribution < -0.4 is 10.2 Å². The van der Waals surface area contributed by atoms with E-state index >= 15 is 0 Å². The number of anilines is 2. The summed E-state index contributed by atoms with van der Waals surface area (Å²) in [5.74, 6) is -1.68. The van der Waals surface area contributed by atoms with Gasteiger partial charge in [-0.05, 0) is 18.6 Å². The Labute approximate surface area is 110 Å². The van der Waals surface area contributed by atoms with Crippen LogP contribution in [0, 0.1) is 11.6 Å². The smallest absolute Gasteiger partial charge is 0.184 e. The van der Waals surface area contributed by atoms with Gasteiger partial charge >= 0.3 is 0 Å². The zero-order valence-corrected chi connectivity index (χ0v) is 11.0. The third-order valence-electron chi connectivity index (χ3n) is 3.67. The second-order valence-corrected chi connectivity index (χ2v) is 7.16. The normalized spacial score (nSPS) is 24.9. The Balaban J connectivity index is 2.01. The van der Waals surface area contributed by atoms with Gasteiger partial charge < -0.3 is 10.2 Å². The van der Waals surface area contributed by atoms with Gasteiger partial charge in [0.15, 0.2) is 21.5 Å². The van der Waals surface area contributed by atoms with Crippen LogP contribution in [0.3, 0.4) is 0 Å². The Morgan fingerprint density at radius 2 is 2.11 bits per heavy atom. The predicted molar refractivity (Wildman–Crippen MR) is 69.3 cm³/mol. The van der Waals surface area contributed by atoms with Crippen molar-refractivity contribution in [3.63, 3.8) is 0 Å². The molecular formula is C12H14F2N2O2S. The predicted octanol–water partition coefficient (Wildman–Crippen LogP) is 1.38. The summed E-state index contributed by atoms with van der Waals surface area (Å²) in [5, 5.41) is 3.01. The van der Waals surface area contributed by atoms with E-state index in [2.05, 4.69) is 5.32 Å². The second kappa shape index (κ2) is 4.33. The number of hydrogen-bond donors (Lipinski definition) is 1. The summed E-state index contributed by atoms with van der Waals surface area (Å²) in [7, 11) is -3.05. The number of rotatable bonds is 1. The fraction of sp³-hybridized carbons (Fsp3) is 0.500. The first-order valence-electron chi connectivity index (χ1n) is 6.17. The van der Waals surface area contributed by atoms with Crippen molar-refractivity contribution in [1.82, 2.24) is 0 Å². The Morgan fingerprint density at radius 1 is 1.32 bits per heavy atom. The number of sulfone groups is 1. The average molecular weight is 288 g/mol. The fourth-order valence-electron chi connectivity index (χ4n) is 2.77. The fourth-order valence-corrected chi connectivity index (χ4v) is 4.50. The third-order valence-corrected chi connectivity index (χ3v) is 5.42. The lowest BCUT2D eigenvalue weighted by Gasteiger charge is -2.36. The molecule has 3 rings (SSSR count). The molecule has 2 aliphatic heterocycles. The number of fused-ring (bicyclic) bond motifs is 1. The summed E-state index contributed by atoms with van der Waals surface area (Å²) in [6.07, 6.45) is 0.470. The van der Waals surface area contributed by atoms with Gasteiger partial charge in [0.2, 0.25) is 0 Å². The molecule has 1 saturated heterocycles. The maximum Gasteiger partial charge on any atom is 0.184 e. The first-order chi connectivity index (χ1) is 8.98. The Hall–Kier alpha value is -1.37. The summed E-state index contributed by atoms with van der Waals surface area (Å²) in [6.45, 7) is 1.07. The van der Waals surface area contributed by atoms with E-state index in [0.29, 0.717) is 25.2 Å². The topological polar surface area (TPSA) is 49.4 Å². The van der Waals surface area contributed by atoms with Crippen molar-refractivity contribution in [2.45, 2.75) is 12.5 Å². The van der Waals surface area contributed by atoms with Gasteiger partial charge in [-0.25, -0.2) is 17.2 Å². The Morgan fingerprint density at radius 3 is 2.79 bits per heavy atom. The number of hydrogen-bond acceptors (Lipinski definition) is 4. The number of nitrogens with zero attached hydrogens (tertiary/aromatic N) is 1. The molecule has 0 spiro atoms. The molecule has 0 saturated carbocycles. The molecule has 1 fully saturated rings. The number of benzene rings is 1. The number of nitrogens with one attached hydrogen (secondary N) is 1. The molecule has 4 nitrogen and oxygen atoms in total. The van der Waals surface area contributed by atoms with Gasteiger partial charge in [0, 0.05) is 19.1 Å². The van der Waals surface area contributed by atoms with E-state index in [1.165, 1.54) is 6.07 Å². The van der Waals surface area contributed by atoms with Crippen molar-refractivity contribution in [2.24, 2.45) is 0 Å². The molecule has 2 aliphatic rings. The molecule has 0 radical (unpaired) electrons. The van der Waals surface area contributed by atoms with E-state index in [9.17, 15) is 17.2 Å². The van der Waals surface area contributed by atoms with Crippen LogP contribution in [-0.2, 0) is 9.84 Å². The number of halogens is 2. The molecule has 2 heterocycles. The molecule has 1 aromatic carbocycles. The minimum absolute atomic E-state index is 0.0163. The molecule has 19 heavy (non-hydrogen) atoms. The molecule has 1 unspecified atom stereocenters. The average Bonchev–Trinajstić information content (AvgIpc) is 2.74. The van der Waals surface area contributed by atoms with Gasteiger partial charge in [0.1, 0.15) is 0 Å². The first-order valence-corrected chi connectivity index (χ1v) is 7.99. The maximum absolute atomic E-state index is 14.0. The summed E-state index contributed by atoms with van der Waals surface area (Å²) in [6, 6.07) is 2.31. The summed E-state index contributed by atoms with van der Waals surface area (Å²) in [4.78, 5) is 1.69. The zero-order chi connectivity index (χ0) is 13.6. The molecule has 0 bridgehead atoms. The van der Waals surface area contributed by atoms with Gasteiger partial charge in [0.05, 0.1) is 22.9 Å². The van der Waals surface area contributed by atoms with Gasteiger partial charge in [0.25, 0.3) is 0 Å². The molecule has 7 heteroatoms. The van der Waals surface area contributed by atoms with Crippen LogP contribution in [0.5, 0.6) is 0 Å². The lowest BCUT2D eigenvalue weighted by Crippen LogP contribution is -2.43. The lowest BCUT2D eigenvalue weighted by molar-refractivity contribution is 0.499. The molecule has 1 aromatic rings. The maximum atomic E-state index is 14.0. The van der Waals surface area contributed by atoms with Crippen molar-refractivity contribution >= 4 is 21.2 Å². The molecule has 0 amide bonds. The van der Waals surface area contributed by atoms with E-state index < -0.39 is 21.5 Å². The van der Waals surface area contributed by atoms with E-state index in [-0.39, 0.29) is 23.2 Å². The molecular weight excluding hydrogens is 274 g/mol. The summed E-state index contributed by atoms with van der Waals surface area (Å²) >= 11 is 0. The Bertz CT molecular complexity index is 618. The highest BCUT2D eigenvalue weighted by molar-refractivity contribution is 7.91. The molecule has 0 aliphatic carbocycles. The van der Waals surface area contributed by atoms with Gasteiger partial charge in [-0.15, -0.1) is 0 Å². The third kappa shape index (κ3) is 2.16. The van der Waals surface area contributed by atoms with E-state index in [1.807, 2.05) is 0 Å². The van der Waals surface area contributed by atoms with Gasteiger partial charge in [-0.3, -0.25) is 0 Å². The molecule has 1 atom stereocenters. The highest BCUT2D eigenvalue weighted by Gasteiger charge is 2.36. The Kier molecular flexibility index (Phi) is 2.88. The largest absolute Gasteiger partial charge is 0.382 e. The lowest BCUT2D eigenvalue weighted by atomic mass is 10.1. The molecule has 0 aromatic heterocycles. The van der Waals surface area contributed by atoms with E-state index in [0.717, 1.165) is 6.07 Å². The van der Waals surface area contributed by atoms with Crippen LogP contribution in [-0.4, -0.2) is 39.1 Å². The second-order valence-electron chi connectivity index (χ2n) is 4.93. The van der Waals surface area contributed by atoms with Crippen molar-refractivity contribution < 1.29 is 17.2 Å². The van der Waals surface area contributed by atoms with Gasteiger partial charge in [-0.1, -0.05) is 0 Å². The van der Waals surface area contributed by atoms with Crippen molar-refractivity contribution in [1.29, 1.82) is 0 Å². The monoisotopic (exact) mass is 288 g/mol. The van der Waals surface area contributed by atoms with Gasteiger partial charge in [-0.2, -0.15) is 0 Å². The summed E-state index contributed by atoms with van der Waals surface area (Å²) in [5.41, 5.74) is 0.683. The highest BCUT2D eigenvalue weighted by Crippen LogP contribution is 2.36. The SMILES string of the molecule is O=S1(=O)CCC(N2CCNc3ccc(F)c(F)c32)C1. The van der Waals surface area contributed by atoms with Crippen LogP contribution in [0.1, 0.15) is 6.42 Å². The van der Waals surface area contributed by atoms with Crippen LogP contribution >= 0.6 is 0 Å².